The monoisotopic (exact) mass is 343 g/mol. The number of aromatic nitrogens is 3. The fourth-order valence-electron chi connectivity index (χ4n) is 2.42. The van der Waals surface area contributed by atoms with Gasteiger partial charge in [-0.05, 0) is 32.0 Å². The number of nitrogens with zero attached hydrogens (tertiary/aromatic N) is 3. The maximum Gasteiger partial charge on any atom is 0.322 e. The van der Waals surface area contributed by atoms with Crippen LogP contribution in [0.2, 0.25) is 0 Å². The highest BCUT2D eigenvalue weighted by Gasteiger charge is 2.20. The van der Waals surface area contributed by atoms with E-state index < -0.39 is 0 Å². The quantitative estimate of drug-likeness (QED) is 0.748. The van der Waals surface area contributed by atoms with Crippen molar-refractivity contribution in [1.29, 1.82) is 0 Å². The predicted octanol–water partition coefficient (Wildman–Crippen LogP) is 4.12. The molecule has 2 N–H and O–H groups in total. The number of aryl methyl sites for hydroxylation is 2. The number of nitrogens with one attached hydrogen (secondary N) is 2. The van der Waals surface area contributed by atoms with Gasteiger partial charge < -0.3 is 15.2 Å². The van der Waals surface area contributed by atoms with Crippen molar-refractivity contribution >= 4 is 34.1 Å². The van der Waals surface area contributed by atoms with Gasteiger partial charge >= 0.3 is 6.03 Å². The van der Waals surface area contributed by atoms with E-state index in [1.165, 1.54) is 0 Å². The minimum Gasteiger partial charge on any atom is -0.342 e. The molecular formula is C17H21N5OS. The maximum atomic E-state index is 12.5. The van der Waals surface area contributed by atoms with Crippen LogP contribution in [0.5, 0.6) is 0 Å². The molecule has 7 heteroatoms. The van der Waals surface area contributed by atoms with Gasteiger partial charge in [0.1, 0.15) is 10.8 Å². The molecule has 0 unspecified atom stereocenters. The second kappa shape index (κ2) is 6.60. The highest BCUT2D eigenvalue weighted by molar-refractivity contribution is 7.09. The molecule has 2 heterocycles. The van der Waals surface area contributed by atoms with E-state index in [1.807, 2.05) is 37.4 Å². The van der Waals surface area contributed by atoms with Gasteiger partial charge in [0.05, 0.1) is 17.1 Å². The molecule has 2 aromatic heterocycles. The molecule has 3 rings (SSSR count). The van der Waals surface area contributed by atoms with Crippen LogP contribution in [0.4, 0.5) is 10.5 Å². The third kappa shape index (κ3) is 3.26. The third-order valence-corrected chi connectivity index (χ3v) is 5.15. The average Bonchev–Trinajstić information content (AvgIpc) is 3.18. The lowest BCUT2D eigenvalue weighted by molar-refractivity contribution is 0.208. The van der Waals surface area contributed by atoms with Crippen molar-refractivity contribution in [2.75, 3.05) is 12.4 Å². The Bertz CT molecular complexity index is 869. The molecule has 126 valence electrons. The number of anilines is 1. The van der Waals surface area contributed by atoms with Gasteiger partial charge in [-0.1, -0.05) is 6.92 Å². The van der Waals surface area contributed by atoms with Gasteiger partial charge in [0.15, 0.2) is 0 Å². The SMILES string of the molecule is CCc1nc2ccc(NC(=O)N(C)[C@H](C)c3nc(C)cs3)cc2[nH]1. The minimum absolute atomic E-state index is 0.0775. The smallest absolute Gasteiger partial charge is 0.322 e. The molecule has 0 aliphatic rings. The number of H-pyrrole nitrogens is 1. The average molecular weight is 343 g/mol. The minimum atomic E-state index is -0.162. The number of hydrogen-bond acceptors (Lipinski definition) is 4. The molecule has 0 radical (unpaired) electrons. The Morgan fingerprint density at radius 2 is 2.21 bits per heavy atom. The number of imidazole rings is 1. The normalized spacial score (nSPS) is 12.3. The molecule has 24 heavy (non-hydrogen) atoms. The summed E-state index contributed by atoms with van der Waals surface area (Å²) in [4.78, 5) is 26.3. The summed E-state index contributed by atoms with van der Waals surface area (Å²) in [5.41, 5.74) is 3.56. The van der Waals surface area contributed by atoms with Crippen molar-refractivity contribution in [2.24, 2.45) is 0 Å². The van der Waals surface area contributed by atoms with Crippen molar-refractivity contribution < 1.29 is 4.79 Å². The molecule has 0 saturated heterocycles. The summed E-state index contributed by atoms with van der Waals surface area (Å²) in [5, 5.41) is 5.86. The Morgan fingerprint density at radius 1 is 1.42 bits per heavy atom. The van der Waals surface area contributed by atoms with Crippen LogP contribution in [0.1, 0.15) is 36.4 Å². The van der Waals surface area contributed by atoms with Gasteiger partial charge in [0.2, 0.25) is 0 Å². The molecule has 1 aromatic carbocycles. The number of carbonyl (C=O) groups excluding carboxylic acids is 1. The number of aromatic amines is 1. The number of rotatable bonds is 4. The van der Waals surface area contributed by atoms with E-state index in [2.05, 4.69) is 27.2 Å². The summed E-state index contributed by atoms with van der Waals surface area (Å²) in [6, 6.07) is 5.45. The molecular weight excluding hydrogens is 322 g/mol. The summed E-state index contributed by atoms with van der Waals surface area (Å²) in [6.07, 6.45) is 0.851. The summed E-state index contributed by atoms with van der Waals surface area (Å²) in [6.45, 7) is 5.98. The lowest BCUT2D eigenvalue weighted by Gasteiger charge is -2.23. The zero-order valence-corrected chi connectivity index (χ0v) is 15.1. The molecule has 6 nitrogen and oxygen atoms in total. The van der Waals surface area contributed by atoms with E-state index in [0.717, 1.165) is 39.7 Å². The van der Waals surface area contributed by atoms with Crippen LogP contribution in [0.15, 0.2) is 23.6 Å². The van der Waals surface area contributed by atoms with Crippen molar-refractivity contribution in [2.45, 2.75) is 33.2 Å². The first-order chi connectivity index (χ1) is 11.5. The van der Waals surface area contributed by atoms with Gasteiger partial charge in [-0.2, -0.15) is 0 Å². The predicted molar refractivity (Wildman–Crippen MR) is 97.5 cm³/mol. The van der Waals surface area contributed by atoms with Crippen LogP contribution < -0.4 is 5.32 Å². The first kappa shape index (κ1) is 16.4. The first-order valence-corrected chi connectivity index (χ1v) is 8.80. The fourth-order valence-corrected chi connectivity index (χ4v) is 3.32. The Balaban J connectivity index is 1.73. The zero-order valence-electron chi connectivity index (χ0n) is 14.3. The summed E-state index contributed by atoms with van der Waals surface area (Å²) in [7, 11) is 1.78. The molecule has 0 fully saturated rings. The number of thiazole rings is 1. The Kier molecular flexibility index (Phi) is 4.53. The Morgan fingerprint density at radius 3 is 2.88 bits per heavy atom. The molecule has 0 aliphatic heterocycles. The lowest BCUT2D eigenvalue weighted by atomic mass is 10.2. The third-order valence-electron chi connectivity index (χ3n) is 4.01. The van der Waals surface area contributed by atoms with Crippen LogP contribution >= 0.6 is 11.3 Å². The van der Waals surface area contributed by atoms with Crippen LogP contribution in [0, 0.1) is 6.92 Å². The van der Waals surface area contributed by atoms with Crippen LogP contribution in [-0.4, -0.2) is 32.9 Å². The highest BCUT2D eigenvalue weighted by atomic mass is 32.1. The van der Waals surface area contributed by atoms with E-state index in [-0.39, 0.29) is 12.1 Å². The van der Waals surface area contributed by atoms with Crippen LogP contribution in [0.3, 0.4) is 0 Å². The van der Waals surface area contributed by atoms with E-state index in [0.29, 0.717) is 0 Å². The maximum absolute atomic E-state index is 12.5. The molecule has 1 atom stereocenters. The standard InChI is InChI=1S/C17H21N5OS/c1-5-15-20-13-7-6-12(8-14(13)21-15)19-17(23)22(4)11(3)16-18-10(2)9-24-16/h6-9,11H,5H2,1-4H3,(H,19,23)(H,20,21)/t11-/m1/s1. The summed E-state index contributed by atoms with van der Waals surface area (Å²) >= 11 is 1.57. The Hall–Kier alpha value is -2.41. The van der Waals surface area contributed by atoms with Crippen molar-refractivity contribution in [1.82, 2.24) is 19.9 Å². The second-order valence-electron chi connectivity index (χ2n) is 5.81. The topological polar surface area (TPSA) is 73.9 Å². The van der Waals surface area contributed by atoms with Crippen molar-refractivity contribution in [3.8, 4) is 0 Å². The fraction of sp³-hybridized carbons (Fsp3) is 0.353. The van der Waals surface area contributed by atoms with Gasteiger partial charge in [0, 0.05) is 30.2 Å². The van der Waals surface area contributed by atoms with E-state index >= 15 is 0 Å². The van der Waals surface area contributed by atoms with E-state index in [1.54, 1.807) is 23.3 Å². The van der Waals surface area contributed by atoms with Gasteiger partial charge in [-0.25, -0.2) is 14.8 Å². The number of carbonyl (C=O) groups is 1. The van der Waals surface area contributed by atoms with Crippen molar-refractivity contribution in [3.63, 3.8) is 0 Å². The number of benzene rings is 1. The molecule has 2 amide bonds. The molecule has 3 aromatic rings. The number of urea groups is 1. The number of fused-ring (bicyclic) bond motifs is 1. The lowest BCUT2D eigenvalue weighted by Crippen LogP contribution is -2.33. The van der Waals surface area contributed by atoms with Gasteiger partial charge in [-0.15, -0.1) is 11.3 Å². The molecule has 0 aliphatic carbocycles. The Labute approximate surface area is 144 Å². The van der Waals surface area contributed by atoms with Crippen molar-refractivity contribution in [3.05, 3.63) is 40.1 Å². The largest absolute Gasteiger partial charge is 0.342 e. The summed E-state index contributed by atoms with van der Waals surface area (Å²) < 4.78 is 0. The second-order valence-corrected chi connectivity index (χ2v) is 6.70. The number of hydrogen-bond donors (Lipinski definition) is 2. The molecule has 0 bridgehead atoms. The van der Waals surface area contributed by atoms with Crippen LogP contribution in [-0.2, 0) is 6.42 Å². The van der Waals surface area contributed by atoms with Crippen LogP contribution in [0.25, 0.3) is 11.0 Å². The number of amides is 2. The van der Waals surface area contributed by atoms with E-state index in [9.17, 15) is 4.79 Å². The van der Waals surface area contributed by atoms with E-state index in [4.69, 9.17) is 0 Å². The first-order valence-electron chi connectivity index (χ1n) is 7.92. The zero-order chi connectivity index (χ0) is 17.3. The summed E-state index contributed by atoms with van der Waals surface area (Å²) in [5.74, 6) is 0.943. The molecule has 0 saturated carbocycles. The van der Waals surface area contributed by atoms with Gasteiger partial charge in [-0.3, -0.25) is 0 Å². The molecule has 0 spiro atoms. The van der Waals surface area contributed by atoms with Gasteiger partial charge in [0.25, 0.3) is 0 Å². The highest BCUT2D eigenvalue weighted by Crippen LogP contribution is 2.24.